The second-order valence-electron chi connectivity index (χ2n) is 10.5. The molecule has 36 heavy (non-hydrogen) atoms. The van der Waals surface area contributed by atoms with Crippen molar-refractivity contribution in [2.45, 2.75) is 46.5 Å². The molecule has 4 aromatic rings. The summed E-state index contributed by atoms with van der Waals surface area (Å²) in [6.07, 6.45) is 7.93. The third-order valence-electron chi connectivity index (χ3n) is 7.63. The number of pyridine rings is 2. The van der Waals surface area contributed by atoms with E-state index in [1.165, 1.54) is 0 Å². The maximum atomic E-state index is 12.5. The number of carbonyl (C=O) groups is 1. The Morgan fingerprint density at radius 2 is 1.86 bits per heavy atom. The van der Waals surface area contributed by atoms with Crippen LogP contribution in [0.4, 0.5) is 17.5 Å². The lowest BCUT2D eigenvalue weighted by Gasteiger charge is -2.53. The summed E-state index contributed by atoms with van der Waals surface area (Å²) in [5.74, 6) is 1.34. The molecule has 9 nitrogen and oxygen atoms in total. The van der Waals surface area contributed by atoms with Crippen LogP contribution in [0.1, 0.15) is 61.1 Å². The highest BCUT2D eigenvalue weighted by molar-refractivity contribution is 6.05. The third kappa shape index (κ3) is 3.78. The lowest BCUT2D eigenvalue weighted by Crippen LogP contribution is -2.58. The molecule has 2 saturated heterocycles. The normalized spacial score (nSPS) is 17.2. The summed E-state index contributed by atoms with van der Waals surface area (Å²) >= 11 is 0. The van der Waals surface area contributed by atoms with Gasteiger partial charge in [0.05, 0.1) is 23.1 Å². The van der Waals surface area contributed by atoms with Gasteiger partial charge < -0.3 is 15.0 Å². The number of anilines is 3. The van der Waals surface area contributed by atoms with Crippen LogP contribution in [0.25, 0.3) is 16.7 Å². The molecule has 0 amide bonds. The van der Waals surface area contributed by atoms with E-state index in [0.717, 1.165) is 61.5 Å². The smallest absolute Gasteiger partial charge is 0.230 e. The summed E-state index contributed by atoms with van der Waals surface area (Å²) in [6, 6.07) is 4.06. The van der Waals surface area contributed by atoms with Gasteiger partial charge in [-0.05, 0) is 50.3 Å². The fourth-order valence-electron chi connectivity index (χ4n) is 5.45. The summed E-state index contributed by atoms with van der Waals surface area (Å²) < 4.78 is 7.44. The van der Waals surface area contributed by atoms with E-state index in [1.807, 2.05) is 29.8 Å². The van der Waals surface area contributed by atoms with Crippen LogP contribution in [0.3, 0.4) is 0 Å². The van der Waals surface area contributed by atoms with Crippen LogP contribution in [-0.4, -0.2) is 56.4 Å². The summed E-state index contributed by atoms with van der Waals surface area (Å²) in [7, 11) is 0. The Hall–Kier alpha value is -3.59. The number of carbonyl (C=O) groups excluding carboxylic acids is 1. The van der Waals surface area contributed by atoms with E-state index in [-0.39, 0.29) is 11.7 Å². The van der Waals surface area contributed by atoms with Crippen LogP contribution in [-0.2, 0) is 4.74 Å². The third-order valence-corrected chi connectivity index (χ3v) is 7.63. The lowest BCUT2D eigenvalue weighted by atomic mass is 9.73. The lowest BCUT2D eigenvalue weighted by molar-refractivity contribution is -0.000209. The topological polar surface area (TPSA) is 97.5 Å². The summed E-state index contributed by atoms with van der Waals surface area (Å²) in [6.45, 7) is 11.6. The molecule has 4 aromatic heterocycles. The molecule has 0 saturated carbocycles. The Morgan fingerprint density at radius 3 is 2.53 bits per heavy atom. The van der Waals surface area contributed by atoms with Crippen LogP contribution in [0.5, 0.6) is 0 Å². The largest absolute Gasteiger partial charge is 0.381 e. The van der Waals surface area contributed by atoms with Gasteiger partial charge in [0.1, 0.15) is 11.5 Å². The van der Waals surface area contributed by atoms with E-state index >= 15 is 0 Å². The first-order chi connectivity index (χ1) is 17.3. The van der Waals surface area contributed by atoms with Crippen molar-refractivity contribution in [1.82, 2.24) is 24.3 Å². The summed E-state index contributed by atoms with van der Waals surface area (Å²) in [4.78, 5) is 33.6. The van der Waals surface area contributed by atoms with Gasteiger partial charge in [-0.25, -0.2) is 15.0 Å². The molecule has 2 aliphatic heterocycles. The van der Waals surface area contributed by atoms with Crippen LogP contribution >= 0.6 is 0 Å². The van der Waals surface area contributed by atoms with E-state index in [1.54, 1.807) is 13.1 Å². The van der Waals surface area contributed by atoms with E-state index in [0.29, 0.717) is 34.0 Å². The van der Waals surface area contributed by atoms with E-state index in [4.69, 9.17) is 14.7 Å². The molecule has 1 spiro atoms. The second-order valence-corrected chi connectivity index (χ2v) is 10.5. The zero-order valence-electron chi connectivity index (χ0n) is 21.2. The number of ketones is 1. The molecule has 0 aliphatic carbocycles. The number of Topliss-reactive ketones (excluding diaryl/α,β-unsaturated/α-hetero) is 1. The first-order valence-electron chi connectivity index (χ1n) is 12.6. The first-order valence-corrected chi connectivity index (χ1v) is 12.6. The maximum absolute atomic E-state index is 12.5. The van der Waals surface area contributed by atoms with E-state index < -0.39 is 0 Å². The van der Waals surface area contributed by atoms with Crippen molar-refractivity contribution >= 4 is 39.9 Å². The number of nitrogens with one attached hydrogen (secondary N) is 1. The highest BCUT2D eigenvalue weighted by Crippen LogP contribution is 2.42. The molecule has 0 atom stereocenters. The Kier molecular flexibility index (Phi) is 5.40. The van der Waals surface area contributed by atoms with Gasteiger partial charge >= 0.3 is 0 Å². The molecule has 0 unspecified atom stereocenters. The van der Waals surface area contributed by atoms with Crippen molar-refractivity contribution in [2.24, 2.45) is 5.41 Å². The zero-order valence-corrected chi connectivity index (χ0v) is 21.2. The number of hydrogen-bond donors (Lipinski definition) is 1. The van der Waals surface area contributed by atoms with Gasteiger partial charge in [0.15, 0.2) is 11.4 Å². The summed E-state index contributed by atoms with van der Waals surface area (Å²) in [5, 5.41) is 4.06. The number of rotatable bonds is 5. The Balaban J connectivity index is 1.28. The monoisotopic (exact) mass is 485 g/mol. The van der Waals surface area contributed by atoms with Gasteiger partial charge in [0.2, 0.25) is 5.95 Å². The van der Waals surface area contributed by atoms with Gasteiger partial charge in [0, 0.05) is 49.5 Å². The maximum Gasteiger partial charge on any atom is 0.230 e. The van der Waals surface area contributed by atoms with Crippen molar-refractivity contribution in [1.29, 1.82) is 0 Å². The Labute approximate surface area is 209 Å². The fraction of sp³-hybridized carbons (Fsp3) is 0.444. The first kappa shape index (κ1) is 22.8. The van der Waals surface area contributed by atoms with Gasteiger partial charge in [0.25, 0.3) is 0 Å². The molecule has 0 aromatic carbocycles. The van der Waals surface area contributed by atoms with Crippen molar-refractivity contribution < 1.29 is 9.53 Å². The van der Waals surface area contributed by atoms with Crippen LogP contribution in [0.2, 0.25) is 0 Å². The average molecular weight is 486 g/mol. The highest BCUT2D eigenvalue weighted by atomic mass is 16.5. The molecule has 9 heteroatoms. The average Bonchev–Trinajstić information content (AvgIpc) is 3.29. The number of imidazole rings is 1. The van der Waals surface area contributed by atoms with Gasteiger partial charge in [-0.1, -0.05) is 13.8 Å². The van der Waals surface area contributed by atoms with Crippen molar-refractivity contribution in [3.8, 4) is 0 Å². The van der Waals surface area contributed by atoms with Crippen molar-refractivity contribution in [2.75, 3.05) is 36.5 Å². The van der Waals surface area contributed by atoms with Gasteiger partial charge in [-0.3, -0.25) is 9.20 Å². The molecular weight excluding hydrogens is 454 g/mol. The predicted octanol–water partition coefficient (Wildman–Crippen LogP) is 4.67. The molecule has 1 N–H and O–H groups in total. The minimum absolute atomic E-state index is 0.0169. The number of ether oxygens (including phenoxy) is 1. The number of fused-ring (bicyclic) bond motifs is 3. The standard InChI is InChI=1S/C27H31N7O2/c1-16(2)21-13-34-24-20(17(3)23(18(4)35)25(34)30-21)12-29-26(32-24)31-22-6-5-19(11-28-22)33-14-27(15-33)7-9-36-10-8-27/h5-6,11-13,16H,7-10,14-15H2,1-4H3,(H,28,29,31,32). The van der Waals surface area contributed by atoms with Crippen LogP contribution in [0, 0.1) is 12.3 Å². The molecule has 2 aliphatic rings. The quantitative estimate of drug-likeness (QED) is 0.408. The number of aryl methyl sites for hydroxylation is 1. The number of hydrogen-bond acceptors (Lipinski definition) is 8. The predicted molar refractivity (Wildman–Crippen MR) is 139 cm³/mol. The fourth-order valence-corrected chi connectivity index (χ4v) is 5.45. The molecule has 0 bridgehead atoms. The minimum atomic E-state index is -0.0169. The Bertz CT molecular complexity index is 1460. The molecule has 0 radical (unpaired) electrons. The van der Waals surface area contributed by atoms with E-state index in [2.05, 4.69) is 40.1 Å². The van der Waals surface area contributed by atoms with E-state index in [9.17, 15) is 4.79 Å². The van der Waals surface area contributed by atoms with Gasteiger partial charge in [-0.2, -0.15) is 4.98 Å². The Morgan fingerprint density at radius 1 is 1.08 bits per heavy atom. The second kappa shape index (κ2) is 8.51. The van der Waals surface area contributed by atoms with Crippen molar-refractivity contribution in [3.63, 3.8) is 0 Å². The molecule has 6 heterocycles. The summed E-state index contributed by atoms with van der Waals surface area (Å²) in [5.41, 5.74) is 5.28. The molecule has 186 valence electrons. The number of aromatic nitrogens is 5. The van der Waals surface area contributed by atoms with Crippen LogP contribution in [0.15, 0.2) is 30.7 Å². The van der Waals surface area contributed by atoms with Crippen LogP contribution < -0.4 is 10.2 Å². The molecule has 6 rings (SSSR count). The minimum Gasteiger partial charge on any atom is -0.381 e. The van der Waals surface area contributed by atoms with Crippen molar-refractivity contribution in [3.05, 3.63) is 47.5 Å². The van der Waals surface area contributed by atoms with Gasteiger partial charge in [-0.15, -0.1) is 0 Å². The molecule has 2 fully saturated rings. The zero-order chi connectivity index (χ0) is 25.0. The SMILES string of the molecule is CC(=O)c1c(C)c2cnc(Nc3ccc(N4CC5(CCOCC5)C4)cn3)nc2n2cc(C(C)C)nc12. The number of nitrogens with zero attached hydrogens (tertiary/aromatic N) is 6. The molecular formula is C27H31N7O2. The highest BCUT2D eigenvalue weighted by Gasteiger charge is 2.43.